The zero-order valence-electron chi connectivity index (χ0n) is 9.71. The maximum Gasteiger partial charge on any atom is 0.123 e. The Kier molecular flexibility index (Phi) is 1.72. The molecule has 1 heterocycles. The Bertz CT molecular complexity index is 408. The second-order valence-corrected chi connectivity index (χ2v) is 5.54. The van der Waals surface area contributed by atoms with Crippen molar-refractivity contribution in [3.05, 3.63) is 29.3 Å². The van der Waals surface area contributed by atoms with Gasteiger partial charge in [-0.1, -0.05) is 26.0 Å². The highest BCUT2D eigenvalue weighted by Crippen LogP contribution is 2.53. The van der Waals surface area contributed by atoms with Gasteiger partial charge < -0.3 is 4.74 Å². The smallest absolute Gasteiger partial charge is 0.123 e. The molecule has 0 spiro atoms. The maximum absolute atomic E-state index is 6.03. The lowest BCUT2D eigenvalue weighted by molar-refractivity contribution is 0.165. The third-order valence-corrected chi connectivity index (χ3v) is 3.92. The molecule has 0 radical (unpaired) electrons. The van der Waals surface area contributed by atoms with E-state index in [0.717, 1.165) is 11.7 Å². The van der Waals surface area contributed by atoms with E-state index < -0.39 is 0 Å². The predicted molar refractivity (Wildman–Crippen MR) is 61.4 cm³/mol. The molecule has 0 aromatic heterocycles. The van der Waals surface area contributed by atoms with Crippen molar-refractivity contribution in [1.82, 2.24) is 0 Å². The molecule has 0 N–H and O–H groups in total. The highest BCUT2D eigenvalue weighted by Gasteiger charge is 2.55. The van der Waals surface area contributed by atoms with Crippen LogP contribution in [0.5, 0.6) is 5.75 Å². The molecule has 3 rings (SSSR count). The van der Waals surface area contributed by atoms with Crippen LogP contribution in [0.2, 0.25) is 0 Å². The Hall–Kier alpha value is -0.980. The number of ether oxygens (including phenoxy) is 1. The molecule has 2 aliphatic rings. The molecule has 1 fully saturated rings. The van der Waals surface area contributed by atoms with Gasteiger partial charge in [0.25, 0.3) is 0 Å². The van der Waals surface area contributed by atoms with Crippen LogP contribution in [0.25, 0.3) is 0 Å². The number of benzene rings is 1. The molecule has 1 aromatic rings. The summed E-state index contributed by atoms with van der Waals surface area (Å²) in [6.45, 7) is 6.72. The lowest BCUT2D eigenvalue weighted by Gasteiger charge is -2.24. The van der Waals surface area contributed by atoms with Crippen molar-refractivity contribution in [3.63, 3.8) is 0 Å². The quantitative estimate of drug-likeness (QED) is 0.677. The highest BCUT2D eigenvalue weighted by atomic mass is 16.5. The molecular formula is C14H18O. The molecule has 2 atom stereocenters. The van der Waals surface area contributed by atoms with E-state index in [2.05, 4.69) is 39.0 Å². The molecular weight excluding hydrogens is 184 g/mol. The van der Waals surface area contributed by atoms with Crippen molar-refractivity contribution < 1.29 is 4.74 Å². The summed E-state index contributed by atoms with van der Waals surface area (Å²) >= 11 is 0. The normalized spacial score (nSPS) is 31.9. The number of hydrogen-bond donors (Lipinski definition) is 0. The summed E-state index contributed by atoms with van der Waals surface area (Å²) in [5.74, 6) is 2.51. The van der Waals surface area contributed by atoms with Crippen LogP contribution in [-0.2, 0) is 6.42 Å². The highest BCUT2D eigenvalue weighted by molar-refractivity contribution is 5.42. The van der Waals surface area contributed by atoms with Crippen molar-refractivity contribution in [3.8, 4) is 5.75 Å². The average molecular weight is 202 g/mol. The van der Waals surface area contributed by atoms with Gasteiger partial charge in [0.1, 0.15) is 11.4 Å². The Morgan fingerprint density at radius 2 is 2.20 bits per heavy atom. The topological polar surface area (TPSA) is 9.23 Å². The molecule has 1 nitrogen and oxygen atoms in total. The summed E-state index contributed by atoms with van der Waals surface area (Å²) in [5, 5.41) is 0. The van der Waals surface area contributed by atoms with Crippen LogP contribution < -0.4 is 4.74 Å². The van der Waals surface area contributed by atoms with Crippen molar-refractivity contribution in [2.45, 2.75) is 45.1 Å². The SMILES string of the molecule is CC(C)c1ccc2c(c1)CC1CC1(C)O2. The summed E-state index contributed by atoms with van der Waals surface area (Å²) in [5.41, 5.74) is 3.02. The monoisotopic (exact) mass is 202 g/mol. The van der Waals surface area contributed by atoms with E-state index in [1.165, 1.54) is 24.0 Å². The first-order valence-corrected chi connectivity index (χ1v) is 5.90. The Labute approximate surface area is 91.5 Å². The van der Waals surface area contributed by atoms with Gasteiger partial charge in [-0.05, 0) is 42.9 Å². The fraction of sp³-hybridized carbons (Fsp3) is 0.571. The maximum atomic E-state index is 6.03. The predicted octanol–water partition coefficient (Wildman–Crippen LogP) is 3.52. The van der Waals surface area contributed by atoms with E-state index in [0.29, 0.717) is 5.92 Å². The molecule has 0 amide bonds. The Balaban J connectivity index is 1.98. The molecule has 1 heteroatoms. The van der Waals surface area contributed by atoms with Crippen LogP contribution in [0.4, 0.5) is 0 Å². The minimum Gasteiger partial charge on any atom is -0.487 e. The van der Waals surface area contributed by atoms with E-state index in [-0.39, 0.29) is 5.60 Å². The van der Waals surface area contributed by atoms with Crippen LogP contribution >= 0.6 is 0 Å². The minimum atomic E-state index is 0.173. The van der Waals surface area contributed by atoms with Gasteiger partial charge in [0.15, 0.2) is 0 Å². The molecule has 0 saturated heterocycles. The van der Waals surface area contributed by atoms with Gasteiger partial charge in [-0.25, -0.2) is 0 Å². The first-order chi connectivity index (χ1) is 7.08. The largest absolute Gasteiger partial charge is 0.487 e. The third kappa shape index (κ3) is 1.37. The van der Waals surface area contributed by atoms with Crippen LogP contribution in [0.15, 0.2) is 18.2 Å². The fourth-order valence-corrected chi connectivity index (χ4v) is 2.58. The second kappa shape index (κ2) is 2.78. The van der Waals surface area contributed by atoms with Crippen molar-refractivity contribution in [1.29, 1.82) is 0 Å². The van der Waals surface area contributed by atoms with Gasteiger partial charge in [-0.2, -0.15) is 0 Å². The lowest BCUT2D eigenvalue weighted by Crippen LogP contribution is -2.22. The molecule has 1 saturated carbocycles. The van der Waals surface area contributed by atoms with E-state index in [4.69, 9.17) is 4.74 Å². The number of hydrogen-bond acceptors (Lipinski definition) is 1. The number of fused-ring (bicyclic) bond motifs is 2. The summed E-state index contributed by atoms with van der Waals surface area (Å²) in [6.07, 6.45) is 2.45. The van der Waals surface area contributed by atoms with E-state index >= 15 is 0 Å². The van der Waals surface area contributed by atoms with Crippen LogP contribution in [0.1, 0.15) is 44.2 Å². The van der Waals surface area contributed by atoms with Gasteiger partial charge in [0, 0.05) is 5.92 Å². The third-order valence-electron chi connectivity index (χ3n) is 3.92. The Morgan fingerprint density at radius 1 is 1.40 bits per heavy atom. The van der Waals surface area contributed by atoms with E-state index in [1.54, 1.807) is 0 Å². The molecule has 2 unspecified atom stereocenters. The van der Waals surface area contributed by atoms with Gasteiger partial charge in [-0.3, -0.25) is 0 Å². The molecule has 1 aliphatic heterocycles. The molecule has 1 aromatic carbocycles. The van der Waals surface area contributed by atoms with Gasteiger partial charge >= 0.3 is 0 Å². The minimum absolute atomic E-state index is 0.173. The van der Waals surface area contributed by atoms with Crippen molar-refractivity contribution in [2.75, 3.05) is 0 Å². The van der Waals surface area contributed by atoms with Crippen molar-refractivity contribution >= 4 is 0 Å². The standard InChI is InChI=1S/C14H18O/c1-9(2)10-4-5-13-11(6-10)7-12-8-14(12,3)15-13/h4-6,9,12H,7-8H2,1-3H3. The average Bonchev–Trinajstić information content (AvgIpc) is 2.83. The van der Waals surface area contributed by atoms with E-state index in [9.17, 15) is 0 Å². The number of rotatable bonds is 1. The zero-order chi connectivity index (χ0) is 10.6. The Morgan fingerprint density at radius 3 is 2.93 bits per heavy atom. The molecule has 15 heavy (non-hydrogen) atoms. The zero-order valence-corrected chi connectivity index (χ0v) is 9.71. The van der Waals surface area contributed by atoms with Crippen molar-refractivity contribution in [2.24, 2.45) is 5.92 Å². The van der Waals surface area contributed by atoms with Gasteiger partial charge in [0.2, 0.25) is 0 Å². The van der Waals surface area contributed by atoms with E-state index in [1.807, 2.05) is 0 Å². The second-order valence-electron chi connectivity index (χ2n) is 5.54. The summed E-state index contributed by atoms with van der Waals surface area (Å²) in [7, 11) is 0. The van der Waals surface area contributed by atoms with Crippen LogP contribution in [-0.4, -0.2) is 5.60 Å². The summed E-state index contributed by atoms with van der Waals surface area (Å²) in [6, 6.07) is 6.69. The summed E-state index contributed by atoms with van der Waals surface area (Å²) in [4.78, 5) is 0. The van der Waals surface area contributed by atoms with Crippen LogP contribution in [0.3, 0.4) is 0 Å². The fourth-order valence-electron chi connectivity index (χ4n) is 2.58. The first-order valence-electron chi connectivity index (χ1n) is 5.90. The molecule has 0 bridgehead atoms. The lowest BCUT2D eigenvalue weighted by atomic mass is 9.96. The summed E-state index contributed by atoms with van der Waals surface area (Å²) < 4.78 is 6.03. The van der Waals surface area contributed by atoms with Crippen LogP contribution in [0, 0.1) is 5.92 Å². The van der Waals surface area contributed by atoms with Gasteiger partial charge in [-0.15, -0.1) is 0 Å². The van der Waals surface area contributed by atoms with Gasteiger partial charge in [0.05, 0.1) is 0 Å². The molecule has 80 valence electrons. The first kappa shape index (κ1) is 9.26. The molecule has 1 aliphatic carbocycles.